The van der Waals surface area contributed by atoms with Crippen LogP contribution in [0.15, 0.2) is 18.2 Å². The summed E-state index contributed by atoms with van der Waals surface area (Å²) in [5.74, 6) is 0.367. The first-order valence-corrected chi connectivity index (χ1v) is 4.42. The van der Waals surface area contributed by atoms with Crippen LogP contribution in [0.25, 0.3) is 0 Å². The fourth-order valence-corrected chi connectivity index (χ4v) is 1.88. The van der Waals surface area contributed by atoms with Crippen molar-refractivity contribution in [1.82, 2.24) is 0 Å². The molecule has 0 fully saturated rings. The molecule has 0 amide bonds. The molecule has 62 valence electrons. The third kappa shape index (κ3) is 1.06. The van der Waals surface area contributed by atoms with Crippen LogP contribution >= 0.6 is 0 Å². The summed E-state index contributed by atoms with van der Waals surface area (Å²) in [6, 6.07) is 6.24. The third-order valence-electron chi connectivity index (χ3n) is 2.51. The molecule has 1 heteroatoms. The molecule has 0 N–H and O–H groups in total. The van der Waals surface area contributed by atoms with Crippen LogP contribution in [0.2, 0.25) is 0 Å². The lowest BCUT2D eigenvalue weighted by Gasteiger charge is -2.03. The molecular formula is C11H12O. The minimum absolute atomic E-state index is 0.367. The van der Waals surface area contributed by atoms with E-state index in [9.17, 15) is 4.79 Å². The molecule has 1 aromatic carbocycles. The molecule has 0 aliphatic heterocycles. The lowest BCUT2D eigenvalue weighted by atomic mass is 10.0. The van der Waals surface area contributed by atoms with Crippen LogP contribution in [0.3, 0.4) is 0 Å². The van der Waals surface area contributed by atoms with Crippen LogP contribution in [0.5, 0.6) is 0 Å². The number of aryl methyl sites for hydroxylation is 1. The van der Waals surface area contributed by atoms with Crippen molar-refractivity contribution < 1.29 is 4.79 Å². The Bertz CT molecular complexity index is 326. The minimum Gasteiger partial charge on any atom is -0.299 e. The summed E-state index contributed by atoms with van der Waals surface area (Å²) in [5.41, 5.74) is 3.89. The second-order valence-electron chi connectivity index (χ2n) is 3.30. The predicted octanol–water partition coefficient (Wildman–Crippen LogP) is 1.92. The molecule has 0 heterocycles. The van der Waals surface area contributed by atoms with E-state index in [2.05, 4.69) is 25.1 Å². The molecule has 0 atom stereocenters. The first-order valence-electron chi connectivity index (χ1n) is 4.42. The van der Waals surface area contributed by atoms with Crippen LogP contribution in [-0.4, -0.2) is 5.78 Å². The van der Waals surface area contributed by atoms with Gasteiger partial charge in [0.2, 0.25) is 0 Å². The van der Waals surface area contributed by atoms with Crippen LogP contribution in [-0.2, 0) is 24.1 Å². The van der Waals surface area contributed by atoms with Crippen molar-refractivity contribution in [2.45, 2.75) is 26.2 Å². The van der Waals surface area contributed by atoms with Gasteiger partial charge < -0.3 is 0 Å². The third-order valence-corrected chi connectivity index (χ3v) is 2.51. The second-order valence-corrected chi connectivity index (χ2v) is 3.30. The van der Waals surface area contributed by atoms with Crippen molar-refractivity contribution in [1.29, 1.82) is 0 Å². The Morgan fingerprint density at radius 1 is 1.33 bits per heavy atom. The summed E-state index contributed by atoms with van der Waals surface area (Å²) in [7, 11) is 0. The summed E-state index contributed by atoms with van der Waals surface area (Å²) in [5, 5.41) is 0. The normalized spacial score (nSPS) is 14.9. The Kier molecular flexibility index (Phi) is 1.72. The molecule has 0 aromatic heterocycles. The van der Waals surface area contributed by atoms with Gasteiger partial charge in [-0.2, -0.15) is 0 Å². The van der Waals surface area contributed by atoms with E-state index in [0.717, 1.165) is 6.42 Å². The van der Waals surface area contributed by atoms with Gasteiger partial charge in [0, 0.05) is 12.8 Å². The summed E-state index contributed by atoms with van der Waals surface area (Å²) in [6.07, 6.45) is 2.36. The Hall–Kier alpha value is -1.11. The number of carbonyl (C=O) groups is 1. The average Bonchev–Trinajstić information content (AvgIpc) is 2.44. The Morgan fingerprint density at radius 2 is 2.17 bits per heavy atom. The monoisotopic (exact) mass is 160 g/mol. The van der Waals surface area contributed by atoms with E-state index >= 15 is 0 Å². The fraction of sp³-hybridized carbons (Fsp3) is 0.364. The number of ketones is 1. The molecule has 0 saturated carbocycles. The highest BCUT2D eigenvalue weighted by Crippen LogP contribution is 2.23. The van der Waals surface area contributed by atoms with Gasteiger partial charge in [-0.1, -0.05) is 25.1 Å². The average molecular weight is 160 g/mol. The lowest BCUT2D eigenvalue weighted by Crippen LogP contribution is -1.94. The topological polar surface area (TPSA) is 17.1 Å². The maximum Gasteiger partial charge on any atom is 0.141 e. The zero-order valence-electron chi connectivity index (χ0n) is 7.26. The van der Waals surface area contributed by atoms with Gasteiger partial charge in [-0.15, -0.1) is 0 Å². The molecule has 1 nitrogen and oxygen atoms in total. The SMILES string of the molecule is CCc1cccc2c1CC(=O)C2. The van der Waals surface area contributed by atoms with Gasteiger partial charge in [0.15, 0.2) is 0 Å². The minimum atomic E-state index is 0.367. The standard InChI is InChI=1S/C11H12O/c1-2-8-4-3-5-9-6-10(12)7-11(8)9/h3-5H,2,6-7H2,1H3. The van der Waals surface area contributed by atoms with E-state index in [1.165, 1.54) is 16.7 Å². The van der Waals surface area contributed by atoms with E-state index < -0.39 is 0 Å². The highest BCUT2D eigenvalue weighted by molar-refractivity contribution is 5.88. The summed E-state index contributed by atoms with van der Waals surface area (Å²) in [6.45, 7) is 2.14. The molecule has 2 rings (SSSR count). The van der Waals surface area contributed by atoms with Crippen molar-refractivity contribution >= 4 is 5.78 Å². The zero-order chi connectivity index (χ0) is 8.55. The molecule has 0 bridgehead atoms. The van der Waals surface area contributed by atoms with Crippen molar-refractivity contribution in [2.24, 2.45) is 0 Å². The van der Waals surface area contributed by atoms with Crippen LogP contribution in [0.1, 0.15) is 23.6 Å². The summed E-state index contributed by atoms with van der Waals surface area (Å²) < 4.78 is 0. The molecule has 1 aliphatic rings. The van der Waals surface area contributed by atoms with Crippen molar-refractivity contribution in [3.63, 3.8) is 0 Å². The van der Waals surface area contributed by atoms with Gasteiger partial charge in [-0.25, -0.2) is 0 Å². The molecule has 1 aromatic rings. The highest BCUT2D eigenvalue weighted by atomic mass is 16.1. The number of fused-ring (bicyclic) bond motifs is 1. The largest absolute Gasteiger partial charge is 0.299 e. The second kappa shape index (κ2) is 2.74. The Labute approximate surface area is 72.4 Å². The van der Waals surface area contributed by atoms with Crippen LogP contribution in [0.4, 0.5) is 0 Å². The van der Waals surface area contributed by atoms with Gasteiger partial charge >= 0.3 is 0 Å². The molecule has 0 saturated heterocycles. The summed E-state index contributed by atoms with van der Waals surface area (Å²) >= 11 is 0. The van der Waals surface area contributed by atoms with Gasteiger partial charge in [-0.05, 0) is 23.1 Å². The molecule has 0 unspecified atom stereocenters. The maximum atomic E-state index is 11.2. The van der Waals surface area contributed by atoms with Gasteiger partial charge in [0.25, 0.3) is 0 Å². The van der Waals surface area contributed by atoms with Gasteiger partial charge in [0.1, 0.15) is 5.78 Å². The predicted molar refractivity (Wildman–Crippen MR) is 48.2 cm³/mol. The molecule has 0 radical (unpaired) electrons. The van der Waals surface area contributed by atoms with E-state index in [1.807, 2.05) is 0 Å². The van der Waals surface area contributed by atoms with Crippen molar-refractivity contribution in [2.75, 3.05) is 0 Å². The quantitative estimate of drug-likeness (QED) is 0.613. The van der Waals surface area contributed by atoms with E-state index in [0.29, 0.717) is 18.6 Å². The number of Topliss-reactive ketones (excluding diaryl/α,β-unsaturated/α-hetero) is 1. The Balaban J connectivity index is 2.51. The summed E-state index contributed by atoms with van der Waals surface area (Å²) in [4.78, 5) is 11.2. The maximum absolute atomic E-state index is 11.2. The number of rotatable bonds is 1. The number of carbonyl (C=O) groups excluding carboxylic acids is 1. The van der Waals surface area contributed by atoms with E-state index in [-0.39, 0.29) is 0 Å². The van der Waals surface area contributed by atoms with Crippen LogP contribution < -0.4 is 0 Å². The van der Waals surface area contributed by atoms with Crippen molar-refractivity contribution in [3.05, 3.63) is 34.9 Å². The number of hydrogen-bond acceptors (Lipinski definition) is 1. The number of benzene rings is 1. The fourth-order valence-electron chi connectivity index (χ4n) is 1.88. The smallest absolute Gasteiger partial charge is 0.141 e. The van der Waals surface area contributed by atoms with E-state index in [1.54, 1.807) is 0 Å². The first kappa shape index (κ1) is 7.53. The van der Waals surface area contributed by atoms with Gasteiger partial charge in [-0.3, -0.25) is 4.79 Å². The highest BCUT2D eigenvalue weighted by Gasteiger charge is 2.19. The molecule has 12 heavy (non-hydrogen) atoms. The Morgan fingerprint density at radius 3 is 2.92 bits per heavy atom. The first-order chi connectivity index (χ1) is 5.81. The lowest BCUT2D eigenvalue weighted by molar-refractivity contribution is -0.117. The molecular weight excluding hydrogens is 148 g/mol. The van der Waals surface area contributed by atoms with Crippen molar-refractivity contribution in [3.8, 4) is 0 Å². The van der Waals surface area contributed by atoms with E-state index in [4.69, 9.17) is 0 Å². The van der Waals surface area contributed by atoms with Gasteiger partial charge in [0.05, 0.1) is 0 Å². The van der Waals surface area contributed by atoms with Crippen LogP contribution in [0, 0.1) is 0 Å². The zero-order valence-corrected chi connectivity index (χ0v) is 7.26. The molecule has 1 aliphatic carbocycles. The molecule has 0 spiro atoms. The number of hydrogen-bond donors (Lipinski definition) is 0.